The molecule has 18 heavy (non-hydrogen) atoms. The van der Waals surface area contributed by atoms with Crippen molar-refractivity contribution in [1.82, 2.24) is 5.32 Å². The van der Waals surface area contributed by atoms with E-state index in [1.54, 1.807) is 6.08 Å². The van der Waals surface area contributed by atoms with Crippen LogP contribution in [-0.4, -0.2) is 12.6 Å². The SMILES string of the molecule is C/C(=C/c1c(F)cccc1F)CC1CCCCN1. The molecule has 0 amide bonds. The molecule has 3 heteroatoms. The maximum absolute atomic E-state index is 13.5. The van der Waals surface area contributed by atoms with Crippen molar-refractivity contribution in [3.63, 3.8) is 0 Å². The second-order valence-corrected chi connectivity index (χ2v) is 4.98. The maximum atomic E-state index is 13.5. The summed E-state index contributed by atoms with van der Waals surface area (Å²) in [5, 5.41) is 3.44. The molecule has 1 unspecified atom stereocenters. The average molecular weight is 251 g/mol. The fourth-order valence-electron chi connectivity index (χ4n) is 2.44. The minimum atomic E-state index is -0.494. The van der Waals surface area contributed by atoms with Crippen LogP contribution < -0.4 is 5.32 Å². The van der Waals surface area contributed by atoms with Gasteiger partial charge in [-0.2, -0.15) is 0 Å². The van der Waals surface area contributed by atoms with Crippen LogP contribution in [0.2, 0.25) is 0 Å². The lowest BCUT2D eigenvalue weighted by atomic mass is 9.97. The molecule has 1 aliphatic heterocycles. The molecule has 1 aliphatic rings. The zero-order valence-electron chi connectivity index (χ0n) is 10.7. The third kappa shape index (κ3) is 3.39. The molecule has 1 heterocycles. The molecule has 1 saturated heterocycles. The quantitative estimate of drug-likeness (QED) is 0.859. The molecule has 0 aliphatic carbocycles. The summed E-state index contributed by atoms with van der Waals surface area (Å²) in [5.74, 6) is -0.989. The molecule has 1 fully saturated rings. The predicted molar refractivity (Wildman–Crippen MR) is 70.3 cm³/mol. The van der Waals surface area contributed by atoms with Crippen molar-refractivity contribution in [3.8, 4) is 0 Å². The third-order valence-corrected chi connectivity index (χ3v) is 3.37. The molecule has 2 rings (SSSR count). The van der Waals surface area contributed by atoms with Crippen LogP contribution in [0, 0.1) is 11.6 Å². The summed E-state index contributed by atoms with van der Waals surface area (Å²) in [6.45, 7) is 2.98. The first-order valence-electron chi connectivity index (χ1n) is 6.51. The Kier molecular flexibility index (Phi) is 4.48. The van der Waals surface area contributed by atoms with Gasteiger partial charge in [0.25, 0.3) is 0 Å². The second-order valence-electron chi connectivity index (χ2n) is 4.98. The molecule has 0 spiro atoms. The highest BCUT2D eigenvalue weighted by Crippen LogP contribution is 2.20. The van der Waals surface area contributed by atoms with E-state index in [0.29, 0.717) is 6.04 Å². The first kappa shape index (κ1) is 13.2. The largest absolute Gasteiger partial charge is 0.314 e. The van der Waals surface area contributed by atoms with E-state index in [-0.39, 0.29) is 5.56 Å². The van der Waals surface area contributed by atoms with Gasteiger partial charge in [0.2, 0.25) is 0 Å². The summed E-state index contributed by atoms with van der Waals surface area (Å²) < 4.78 is 27.0. The molecule has 1 N–H and O–H groups in total. The number of halogens is 2. The van der Waals surface area contributed by atoms with Crippen molar-refractivity contribution in [3.05, 3.63) is 41.0 Å². The summed E-state index contributed by atoms with van der Waals surface area (Å²) in [7, 11) is 0. The normalized spacial score (nSPS) is 21.1. The molecular formula is C15H19F2N. The number of benzene rings is 1. The molecule has 0 bridgehead atoms. The van der Waals surface area contributed by atoms with E-state index in [9.17, 15) is 8.78 Å². The summed E-state index contributed by atoms with van der Waals surface area (Å²) in [4.78, 5) is 0. The van der Waals surface area contributed by atoms with Crippen molar-refractivity contribution in [2.24, 2.45) is 0 Å². The first-order valence-corrected chi connectivity index (χ1v) is 6.51. The van der Waals surface area contributed by atoms with Gasteiger partial charge in [0.1, 0.15) is 11.6 Å². The van der Waals surface area contributed by atoms with E-state index in [0.717, 1.165) is 25.0 Å². The molecule has 1 aromatic carbocycles. The van der Waals surface area contributed by atoms with Gasteiger partial charge in [0.15, 0.2) is 0 Å². The Balaban J connectivity index is 2.07. The van der Waals surface area contributed by atoms with Gasteiger partial charge < -0.3 is 5.32 Å². The topological polar surface area (TPSA) is 12.0 Å². The standard InChI is InChI=1S/C15H19F2N/c1-11(9-12-5-2-3-8-18-12)10-13-14(16)6-4-7-15(13)17/h4,6-7,10,12,18H,2-3,5,8-9H2,1H3/b11-10-. The van der Waals surface area contributed by atoms with Crippen LogP contribution in [0.3, 0.4) is 0 Å². The molecule has 1 nitrogen and oxygen atoms in total. The van der Waals surface area contributed by atoms with Crippen LogP contribution >= 0.6 is 0 Å². The maximum Gasteiger partial charge on any atom is 0.133 e. The Labute approximate surface area is 107 Å². The number of piperidine rings is 1. The lowest BCUT2D eigenvalue weighted by Crippen LogP contribution is -2.33. The smallest absolute Gasteiger partial charge is 0.133 e. The van der Waals surface area contributed by atoms with Crippen LogP contribution in [0.5, 0.6) is 0 Å². The Hall–Kier alpha value is -1.22. The van der Waals surface area contributed by atoms with Gasteiger partial charge in [-0.1, -0.05) is 24.1 Å². The molecule has 0 saturated carbocycles. The Morgan fingerprint density at radius 3 is 2.67 bits per heavy atom. The van der Waals surface area contributed by atoms with Gasteiger partial charge in [0, 0.05) is 11.6 Å². The van der Waals surface area contributed by atoms with E-state index in [4.69, 9.17) is 0 Å². The molecule has 98 valence electrons. The zero-order chi connectivity index (χ0) is 13.0. The van der Waals surface area contributed by atoms with Crippen LogP contribution in [0.15, 0.2) is 23.8 Å². The minimum Gasteiger partial charge on any atom is -0.314 e. The van der Waals surface area contributed by atoms with Crippen LogP contribution in [0.1, 0.15) is 38.2 Å². The molecule has 0 radical (unpaired) electrons. The zero-order valence-corrected chi connectivity index (χ0v) is 10.7. The fourth-order valence-corrected chi connectivity index (χ4v) is 2.44. The van der Waals surface area contributed by atoms with Crippen LogP contribution in [0.4, 0.5) is 8.78 Å². The lowest BCUT2D eigenvalue weighted by molar-refractivity contribution is 0.399. The van der Waals surface area contributed by atoms with E-state index < -0.39 is 11.6 Å². The Morgan fingerprint density at radius 1 is 1.33 bits per heavy atom. The van der Waals surface area contributed by atoms with Crippen molar-refractivity contribution < 1.29 is 8.78 Å². The molecular weight excluding hydrogens is 232 g/mol. The van der Waals surface area contributed by atoms with Crippen LogP contribution in [-0.2, 0) is 0 Å². The Bertz CT molecular complexity index is 414. The number of nitrogens with one attached hydrogen (secondary N) is 1. The molecule has 1 aromatic rings. The van der Waals surface area contributed by atoms with Gasteiger partial charge in [-0.15, -0.1) is 0 Å². The van der Waals surface area contributed by atoms with Gasteiger partial charge in [-0.05, 0) is 44.9 Å². The minimum absolute atomic E-state index is 0.0748. The third-order valence-electron chi connectivity index (χ3n) is 3.37. The van der Waals surface area contributed by atoms with Gasteiger partial charge >= 0.3 is 0 Å². The summed E-state index contributed by atoms with van der Waals surface area (Å²) >= 11 is 0. The number of hydrogen-bond donors (Lipinski definition) is 1. The first-order chi connectivity index (χ1) is 8.66. The second kappa shape index (κ2) is 6.10. The van der Waals surface area contributed by atoms with E-state index in [2.05, 4.69) is 5.32 Å². The van der Waals surface area contributed by atoms with E-state index in [1.165, 1.54) is 31.0 Å². The van der Waals surface area contributed by atoms with E-state index in [1.807, 2.05) is 6.92 Å². The van der Waals surface area contributed by atoms with Crippen molar-refractivity contribution in [2.75, 3.05) is 6.54 Å². The van der Waals surface area contributed by atoms with Gasteiger partial charge in [-0.25, -0.2) is 8.78 Å². The number of hydrogen-bond acceptors (Lipinski definition) is 1. The predicted octanol–water partition coefficient (Wildman–Crippen LogP) is 3.90. The lowest BCUT2D eigenvalue weighted by Gasteiger charge is -2.23. The summed E-state index contributed by atoms with van der Waals surface area (Å²) in [5.41, 5.74) is 1.09. The van der Waals surface area contributed by atoms with Crippen LogP contribution in [0.25, 0.3) is 6.08 Å². The van der Waals surface area contributed by atoms with E-state index >= 15 is 0 Å². The monoisotopic (exact) mass is 251 g/mol. The van der Waals surface area contributed by atoms with Crippen molar-refractivity contribution in [2.45, 2.75) is 38.6 Å². The highest BCUT2D eigenvalue weighted by atomic mass is 19.1. The fraction of sp³-hybridized carbons (Fsp3) is 0.467. The number of rotatable bonds is 3. The highest BCUT2D eigenvalue weighted by Gasteiger charge is 2.13. The molecule has 1 atom stereocenters. The summed E-state index contributed by atoms with van der Waals surface area (Å²) in [6, 6.07) is 4.42. The average Bonchev–Trinajstić information content (AvgIpc) is 2.35. The summed E-state index contributed by atoms with van der Waals surface area (Å²) in [6.07, 6.45) is 6.08. The molecule has 0 aromatic heterocycles. The van der Waals surface area contributed by atoms with Gasteiger partial charge in [0.05, 0.1) is 0 Å². The Morgan fingerprint density at radius 2 is 2.06 bits per heavy atom. The highest BCUT2D eigenvalue weighted by molar-refractivity contribution is 5.53. The van der Waals surface area contributed by atoms with Crippen molar-refractivity contribution >= 4 is 6.08 Å². The van der Waals surface area contributed by atoms with Crippen molar-refractivity contribution in [1.29, 1.82) is 0 Å². The van der Waals surface area contributed by atoms with Gasteiger partial charge in [-0.3, -0.25) is 0 Å².